The molecule has 1 fully saturated rings. The lowest BCUT2D eigenvalue weighted by Gasteiger charge is -1.73. The normalized spacial score (nSPS) is 22.3. The second kappa shape index (κ2) is 1.37. The van der Waals surface area contributed by atoms with Crippen molar-refractivity contribution in [2.24, 2.45) is 0 Å². The molecule has 0 radical (unpaired) electrons. The predicted molar refractivity (Wildman–Crippen MR) is 21.9 cm³/mol. The van der Waals surface area contributed by atoms with Gasteiger partial charge in [0.05, 0.1) is 0 Å². The van der Waals surface area contributed by atoms with Gasteiger partial charge in [-0.05, 0) is 0 Å². The van der Waals surface area contributed by atoms with Gasteiger partial charge in [0.25, 0.3) is 0 Å². The van der Waals surface area contributed by atoms with Crippen molar-refractivity contribution in [1.82, 2.24) is 0 Å². The molecule has 2 heteroatoms. The van der Waals surface area contributed by atoms with Gasteiger partial charge >= 0.3 is 0 Å². The van der Waals surface area contributed by atoms with Crippen LogP contribution in [0.25, 0.3) is 0 Å². The molecule has 2 nitrogen and oxygen atoms in total. The average molecular weight is 85.1 g/mol. The Balaban J connectivity index is 2.37. The number of nitrogens with zero attached hydrogens (tertiary/aromatic N) is 1. The number of hydrogen-bond acceptors (Lipinski definition) is 1. The SMILES string of the molecule is N=[N+]1CCCC1. The Hall–Kier alpha value is -0.400. The molecule has 0 bridgehead atoms. The maximum absolute atomic E-state index is 6.97. The molecule has 0 amide bonds. The third kappa shape index (κ3) is 0.559. The molecule has 6 heavy (non-hydrogen) atoms. The van der Waals surface area contributed by atoms with Gasteiger partial charge < -0.3 is 0 Å². The standard InChI is InChI=1S/C4H9N2/c5-6-3-1-2-4-6/h5H,1-4H2/q+1. The maximum atomic E-state index is 6.97. The van der Waals surface area contributed by atoms with Crippen LogP contribution < -0.4 is 0 Å². The Morgan fingerprint density at radius 3 is 1.83 bits per heavy atom. The van der Waals surface area contributed by atoms with Crippen molar-refractivity contribution >= 4 is 0 Å². The molecule has 0 unspecified atom stereocenters. The van der Waals surface area contributed by atoms with Crippen LogP contribution in [0.15, 0.2) is 0 Å². The minimum Gasteiger partial charge on any atom is -0.130 e. The van der Waals surface area contributed by atoms with Crippen LogP contribution in [0.5, 0.6) is 0 Å². The Labute approximate surface area is 37.3 Å². The van der Waals surface area contributed by atoms with E-state index in [1.807, 2.05) is 0 Å². The lowest BCUT2D eigenvalue weighted by atomic mass is 10.4. The molecule has 34 valence electrons. The first-order valence-corrected chi connectivity index (χ1v) is 2.36. The van der Waals surface area contributed by atoms with Gasteiger partial charge in [0.15, 0.2) is 13.1 Å². The predicted octanol–water partition coefficient (Wildman–Crippen LogP) is 0.824. The molecule has 1 aliphatic heterocycles. The van der Waals surface area contributed by atoms with E-state index >= 15 is 0 Å². The summed E-state index contributed by atoms with van der Waals surface area (Å²) in [6.45, 7) is 1.97. The molecule has 0 atom stereocenters. The van der Waals surface area contributed by atoms with Crippen LogP contribution >= 0.6 is 0 Å². The summed E-state index contributed by atoms with van der Waals surface area (Å²) in [4.78, 5) is 0. The van der Waals surface area contributed by atoms with Gasteiger partial charge in [0.1, 0.15) is 0 Å². The summed E-state index contributed by atoms with van der Waals surface area (Å²) in [6, 6.07) is 0. The van der Waals surface area contributed by atoms with E-state index in [0.717, 1.165) is 13.1 Å². The lowest BCUT2D eigenvalue weighted by Crippen LogP contribution is -1.97. The molecule has 1 saturated heterocycles. The second-order valence-electron chi connectivity index (χ2n) is 1.69. The molecule has 1 heterocycles. The molecular weight excluding hydrogens is 76.1 g/mol. The smallest absolute Gasteiger partial charge is 0.130 e. The fraction of sp³-hybridized carbons (Fsp3) is 1.00. The van der Waals surface area contributed by atoms with Crippen LogP contribution in [0.3, 0.4) is 0 Å². The summed E-state index contributed by atoms with van der Waals surface area (Å²) < 4.78 is 1.61. The second-order valence-corrected chi connectivity index (χ2v) is 1.69. The highest BCUT2D eigenvalue weighted by atomic mass is 15.2. The van der Waals surface area contributed by atoms with Crippen molar-refractivity contribution in [3.8, 4) is 0 Å². The van der Waals surface area contributed by atoms with Gasteiger partial charge in [-0.2, -0.15) is 0 Å². The topological polar surface area (TPSA) is 26.9 Å². The first-order valence-electron chi connectivity index (χ1n) is 2.36. The number of rotatable bonds is 0. The van der Waals surface area contributed by atoms with Gasteiger partial charge in [0, 0.05) is 12.8 Å². The van der Waals surface area contributed by atoms with E-state index in [1.54, 1.807) is 4.70 Å². The fourth-order valence-electron chi connectivity index (χ4n) is 0.717. The zero-order valence-corrected chi connectivity index (χ0v) is 3.78. The molecule has 0 aromatic heterocycles. The molecule has 0 aromatic rings. The summed E-state index contributed by atoms with van der Waals surface area (Å²) in [7, 11) is 0. The van der Waals surface area contributed by atoms with Gasteiger partial charge in [-0.15, -0.1) is 4.70 Å². The van der Waals surface area contributed by atoms with E-state index in [-0.39, 0.29) is 0 Å². The highest BCUT2D eigenvalue weighted by Gasteiger charge is 2.10. The van der Waals surface area contributed by atoms with Crippen LogP contribution in [0.1, 0.15) is 12.8 Å². The molecule has 0 aliphatic carbocycles. The highest BCUT2D eigenvalue weighted by Crippen LogP contribution is 1.98. The summed E-state index contributed by atoms with van der Waals surface area (Å²) >= 11 is 0. The molecule has 1 aliphatic rings. The third-order valence-electron chi connectivity index (χ3n) is 1.11. The van der Waals surface area contributed by atoms with E-state index in [4.69, 9.17) is 5.53 Å². The van der Waals surface area contributed by atoms with Crippen molar-refractivity contribution in [3.63, 3.8) is 0 Å². The van der Waals surface area contributed by atoms with Gasteiger partial charge in [0.2, 0.25) is 0 Å². The molecule has 1 N–H and O–H groups in total. The summed E-state index contributed by atoms with van der Waals surface area (Å²) in [5.41, 5.74) is 6.97. The largest absolute Gasteiger partial charge is 0.168 e. The van der Waals surface area contributed by atoms with E-state index in [0.29, 0.717) is 0 Å². The summed E-state index contributed by atoms with van der Waals surface area (Å²) in [6.07, 6.45) is 2.45. The number of hydrogen-bond donors (Lipinski definition) is 1. The van der Waals surface area contributed by atoms with E-state index < -0.39 is 0 Å². The van der Waals surface area contributed by atoms with E-state index in [1.165, 1.54) is 12.8 Å². The Kier molecular flexibility index (Phi) is 0.862. The summed E-state index contributed by atoms with van der Waals surface area (Å²) in [5.74, 6) is 0. The van der Waals surface area contributed by atoms with Crippen LogP contribution in [0.4, 0.5) is 0 Å². The van der Waals surface area contributed by atoms with Gasteiger partial charge in [-0.3, -0.25) is 0 Å². The molecular formula is C4H9N2+. The Morgan fingerprint density at radius 2 is 1.67 bits per heavy atom. The maximum Gasteiger partial charge on any atom is 0.168 e. The first-order chi connectivity index (χ1) is 2.89. The van der Waals surface area contributed by atoms with Crippen LogP contribution in [-0.4, -0.2) is 17.8 Å². The van der Waals surface area contributed by atoms with Crippen LogP contribution in [0, 0.1) is 5.53 Å². The molecule has 0 aromatic carbocycles. The van der Waals surface area contributed by atoms with Gasteiger partial charge in [-0.1, -0.05) is 5.53 Å². The zero-order chi connectivity index (χ0) is 4.41. The quantitative estimate of drug-likeness (QED) is 0.422. The third-order valence-corrected chi connectivity index (χ3v) is 1.11. The van der Waals surface area contributed by atoms with Crippen molar-refractivity contribution in [1.29, 1.82) is 5.53 Å². The molecule has 0 saturated carbocycles. The summed E-state index contributed by atoms with van der Waals surface area (Å²) in [5, 5.41) is 0. The van der Waals surface area contributed by atoms with Crippen molar-refractivity contribution < 1.29 is 4.70 Å². The van der Waals surface area contributed by atoms with E-state index in [9.17, 15) is 0 Å². The average Bonchev–Trinajstić information content (AvgIpc) is 1.86. The van der Waals surface area contributed by atoms with Crippen molar-refractivity contribution in [2.45, 2.75) is 12.8 Å². The van der Waals surface area contributed by atoms with E-state index in [2.05, 4.69) is 0 Å². The molecule has 1 rings (SSSR count). The lowest BCUT2D eigenvalue weighted by molar-refractivity contribution is -0.596. The van der Waals surface area contributed by atoms with Gasteiger partial charge in [-0.25, -0.2) is 0 Å². The van der Waals surface area contributed by atoms with Crippen molar-refractivity contribution in [3.05, 3.63) is 0 Å². The minimum absolute atomic E-state index is 0.986. The molecule has 0 spiro atoms. The first kappa shape index (κ1) is 3.78. The fourth-order valence-corrected chi connectivity index (χ4v) is 0.717. The van der Waals surface area contributed by atoms with Crippen LogP contribution in [0.2, 0.25) is 0 Å². The van der Waals surface area contributed by atoms with Crippen LogP contribution in [-0.2, 0) is 0 Å². The Bertz CT molecular complexity index is 59.9. The monoisotopic (exact) mass is 85.1 g/mol. The Morgan fingerprint density at radius 1 is 1.17 bits per heavy atom. The zero-order valence-electron chi connectivity index (χ0n) is 3.78. The van der Waals surface area contributed by atoms with Crippen molar-refractivity contribution in [2.75, 3.05) is 13.1 Å². The number of nitrogens with one attached hydrogen (secondary N) is 1. The highest BCUT2D eigenvalue weighted by molar-refractivity contribution is 4.39. The minimum atomic E-state index is 0.986.